The van der Waals surface area contributed by atoms with Gasteiger partial charge >= 0.3 is 0 Å². The summed E-state index contributed by atoms with van der Waals surface area (Å²) in [5, 5.41) is 1.64. The number of alkyl halides is 1. The van der Waals surface area contributed by atoms with E-state index < -0.39 is 21.0 Å². The molecule has 0 bridgehead atoms. The van der Waals surface area contributed by atoms with E-state index in [9.17, 15) is 13.2 Å². The number of amides is 1. The summed E-state index contributed by atoms with van der Waals surface area (Å²) in [5.41, 5.74) is 0. The number of nitrogens with one attached hydrogen (secondary N) is 1. The molecule has 0 aromatic rings. The van der Waals surface area contributed by atoms with Crippen molar-refractivity contribution in [2.75, 3.05) is 12.8 Å². The first-order valence-electron chi connectivity index (χ1n) is 4.89. The van der Waals surface area contributed by atoms with E-state index in [1.807, 2.05) is 6.92 Å². The molecule has 0 aliphatic rings. The first kappa shape index (κ1) is 14.9. The molecule has 0 spiro atoms. The fourth-order valence-corrected chi connectivity index (χ4v) is 1.60. The van der Waals surface area contributed by atoms with Gasteiger partial charge in [-0.3, -0.25) is 4.79 Å². The minimum absolute atomic E-state index is 0.367. The van der Waals surface area contributed by atoms with Crippen molar-refractivity contribution in [1.29, 1.82) is 0 Å². The van der Waals surface area contributed by atoms with Crippen molar-refractivity contribution in [3.63, 3.8) is 0 Å². The summed E-state index contributed by atoms with van der Waals surface area (Å²) < 4.78 is 22.1. The predicted molar refractivity (Wildman–Crippen MR) is 64.9 cm³/mol. The second-order valence-corrected chi connectivity index (χ2v) is 7.22. The number of hydrogen-bond donors (Lipinski definition) is 1. The van der Waals surface area contributed by atoms with E-state index >= 15 is 0 Å². The van der Waals surface area contributed by atoms with E-state index in [2.05, 4.69) is 21.2 Å². The molecule has 1 N–H and O–H groups in total. The monoisotopic (exact) mass is 299 g/mol. The van der Waals surface area contributed by atoms with Crippen molar-refractivity contribution >= 4 is 31.7 Å². The van der Waals surface area contributed by atoms with Gasteiger partial charge in [-0.25, -0.2) is 8.42 Å². The molecule has 0 aliphatic heterocycles. The number of hydrogen-bond acceptors (Lipinski definition) is 3. The van der Waals surface area contributed by atoms with E-state index in [0.717, 1.165) is 19.1 Å². The summed E-state index contributed by atoms with van der Waals surface area (Å²) in [6, 6.07) is 0. The summed E-state index contributed by atoms with van der Waals surface area (Å²) in [7, 11) is -3.28. The minimum Gasteiger partial charge on any atom is -0.355 e. The van der Waals surface area contributed by atoms with Crippen molar-refractivity contribution in [3.05, 3.63) is 0 Å². The van der Waals surface area contributed by atoms with Crippen LogP contribution in [0.25, 0.3) is 0 Å². The molecule has 2 unspecified atom stereocenters. The van der Waals surface area contributed by atoms with Gasteiger partial charge in [0.15, 0.2) is 9.84 Å². The molecule has 0 heterocycles. The fourth-order valence-electron chi connectivity index (χ4n) is 0.894. The third-order valence-corrected chi connectivity index (χ3v) is 4.82. The van der Waals surface area contributed by atoms with Crippen LogP contribution < -0.4 is 5.32 Å². The highest BCUT2D eigenvalue weighted by atomic mass is 79.9. The molecular weight excluding hydrogens is 282 g/mol. The maximum Gasteiger partial charge on any atom is 0.238 e. The van der Waals surface area contributed by atoms with Gasteiger partial charge in [-0.05, 0) is 19.8 Å². The number of sulfone groups is 1. The quantitative estimate of drug-likeness (QED) is 0.747. The van der Waals surface area contributed by atoms with Crippen LogP contribution in [-0.4, -0.2) is 37.2 Å². The maximum atomic E-state index is 11.4. The van der Waals surface area contributed by atoms with Crippen molar-refractivity contribution in [2.45, 2.75) is 36.8 Å². The molecule has 0 rings (SSSR count). The molecule has 15 heavy (non-hydrogen) atoms. The van der Waals surface area contributed by atoms with E-state index in [4.69, 9.17) is 0 Å². The van der Waals surface area contributed by atoms with Crippen LogP contribution in [0.4, 0.5) is 0 Å². The average Bonchev–Trinajstić information content (AvgIpc) is 2.14. The van der Waals surface area contributed by atoms with E-state index in [1.54, 1.807) is 0 Å². The van der Waals surface area contributed by atoms with Gasteiger partial charge in [-0.15, -0.1) is 0 Å². The van der Waals surface area contributed by atoms with Crippen molar-refractivity contribution in [3.8, 4) is 0 Å². The first-order valence-corrected chi connectivity index (χ1v) is 7.76. The standard InChI is InChI=1S/C9H18BrNO3S/c1-4-8(10)5-6-11-9(12)7(2)15(3,13)14/h7-8H,4-6H2,1-3H3,(H,11,12). The molecule has 0 aromatic heterocycles. The molecule has 90 valence electrons. The Kier molecular flexibility index (Phi) is 6.43. The van der Waals surface area contributed by atoms with Crippen molar-refractivity contribution in [2.24, 2.45) is 0 Å². The molecule has 1 amide bonds. The number of carbonyl (C=O) groups excluding carboxylic acids is 1. The third-order valence-electron chi connectivity index (χ3n) is 2.21. The SMILES string of the molecule is CCC(Br)CCNC(=O)C(C)S(C)(=O)=O. The molecule has 0 radical (unpaired) electrons. The Bertz CT molecular complexity index is 302. The highest BCUT2D eigenvalue weighted by Gasteiger charge is 2.22. The Morgan fingerprint density at radius 1 is 1.47 bits per heavy atom. The third kappa shape index (κ3) is 6.14. The molecule has 0 aliphatic carbocycles. The summed E-state index contributed by atoms with van der Waals surface area (Å²) in [5.74, 6) is -0.423. The van der Waals surface area contributed by atoms with Crippen molar-refractivity contribution < 1.29 is 13.2 Å². The molecular formula is C9H18BrNO3S. The zero-order valence-corrected chi connectivity index (χ0v) is 11.7. The Morgan fingerprint density at radius 3 is 2.40 bits per heavy atom. The Balaban J connectivity index is 3.96. The van der Waals surface area contributed by atoms with Gasteiger partial charge in [0.25, 0.3) is 0 Å². The highest BCUT2D eigenvalue weighted by Crippen LogP contribution is 2.07. The summed E-state index contributed by atoms with van der Waals surface area (Å²) in [6.45, 7) is 3.94. The maximum absolute atomic E-state index is 11.4. The number of halogens is 1. The minimum atomic E-state index is -3.28. The zero-order valence-electron chi connectivity index (χ0n) is 9.29. The Morgan fingerprint density at radius 2 is 2.00 bits per heavy atom. The molecule has 2 atom stereocenters. The van der Waals surface area contributed by atoms with Crippen molar-refractivity contribution in [1.82, 2.24) is 5.32 Å². The average molecular weight is 300 g/mol. The normalized spacial score (nSPS) is 15.7. The van der Waals surface area contributed by atoms with Crippen LogP contribution in [0.15, 0.2) is 0 Å². The molecule has 0 saturated heterocycles. The lowest BCUT2D eigenvalue weighted by molar-refractivity contribution is -0.120. The molecule has 4 nitrogen and oxygen atoms in total. The van der Waals surface area contributed by atoms with Crippen LogP contribution in [0.3, 0.4) is 0 Å². The predicted octanol–water partition coefficient (Wildman–Crippen LogP) is 1.10. The van der Waals surface area contributed by atoms with Gasteiger partial charge in [0.2, 0.25) is 5.91 Å². The molecule has 0 aromatic carbocycles. The van der Waals surface area contributed by atoms with Gasteiger partial charge in [-0.2, -0.15) is 0 Å². The van der Waals surface area contributed by atoms with E-state index in [0.29, 0.717) is 11.4 Å². The van der Waals surface area contributed by atoms with Gasteiger partial charge in [0, 0.05) is 17.6 Å². The van der Waals surface area contributed by atoms with Gasteiger partial charge in [-0.1, -0.05) is 22.9 Å². The summed E-state index contributed by atoms with van der Waals surface area (Å²) in [4.78, 5) is 11.7. The van der Waals surface area contributed by atoms with E-state index in [-0.39, 0.29) is 0 Å². The lowest BCUT2D eigenvalue weighted by atomic mass is 10.2. The number of carbonyl (C=O) groups is 1. The highest BCUT2D eigenvalue weighted by molar-refractivity contribution is 9.09. The molecule has 0 saturated carbocycles. The second-order valence-electron chi connectivity index (χ2n) is 3.56. The van der Waals surface area contributed by atoms with Crippen LogP contribution in [0, 0.1) is 0 Å². The van der Waals surface area contributed by atoms with E-state index in [1.165, 1.54) is 6.92 Å². The fraction of sp³-hybridized carbons (Fsp3) is 0.889. The molecule has 0 fully saturated rings. The number of rotatable bonds is 6. The van der Waals surface area contributed by atoms with Gasteiger partial charge < -0.3 is 5.32 Å². The van der Waals surface area contributed by atoms with Gasteiger partial charge in [0.05, 0.1) is 0 Å². The lowest BCUT2D eigenvalue weighted by Crippen LogP contribution is -2.38. The van der Waals surface area contributed by atoms with Gasteiger partial charge in [0.1, 0.15) is 5.25 Å². The molecule has 6 heteroatoms. The first-order chi connectivity index (χ1) is 6.79. The topological polar surface area (TPSA) is 63.2 Å². The summed E-state index contributed by atoms with van der Waals surface area (Å²) >= 11 is 3.43. The van der Waals surface area contributed by atoms with Crippen LogP contribution in [0.5, 0.6) is 0 Å². The Hall–Kier alpha value is -0.100. The largest absolute Gasteiger partial charge is 0.355 e. The smallest absolute Gasteiger partial charge is 0.238 e. The van der Waals surface area contributed by atoms with Crippen LogP contribution >= 0.6 is 15.9 Å². The second kappa shape index (κ2) is 6.48. The lowest BCUT2D eigenvalue weighted by Gasteiger charge is -2.11. The summed E-state index contributed by atoms with van der Waals surface area (Å²) in [6.07, 6.45) is 2.85. The zero-order chi connectivity index (χ0) is 12.1. The van der Waals surface area contributed by atoms with Crippen LogP contribution in [0.1, 0.15) is 26.7 Å². The van der Waals surface area contributed by atoms with Crippen LogP contribution in [-0.2, 0) is 14.6 Å². The van der Waals surface area contributed by atoms with Crippen LogP contribution in [0.2, 0.25) is 0 Å². The Labute approximate surface area is 99.9 Å².